The van der Waals surface area contributed by atoms with Crippen molar-refractivity contribution in [1.82, 2.24) is 10.6 Å². The van der Waals surface area contributed by atoms with Gasteiger partial charge in [0.05, 0.1) is 0 Å². The number of nitrogens with two attached hydrogens (primary N) is 1. The Morgan fingerprint density at radius 3 is 2.78 bits per heavy atom. The molecule has 0 bridgehead atoms. The molecule has 0 unspecified atom stereocenters. The van der Waals surface area contributed by atoms with Crippen LogP contribution in [0.15, 0.2) is 0 Å². The maximum atomic E-state index is 5.25. The van der Waals surface area contributed by atoms with Crippen LogP contribution in [0.2, 0.25) is 0 Å². The Labute approximate surface area is 61.0 Å². The predicted molar refractivity (Wildman–Crippen MR) is 43.3 cm³/mol. The highest BCUT2D eigenvalue weighted by Gasteiger charge is 1.86. The summed E-state index contributed by atoms with van der Waals surface area (Å²) in [5.74, 6) is 0. The summed E-state index contributed by atoms with van der Waals surface area (Å²) >= 11 is 4.81. The van der Waals surface area contributed by atoms with Gasteiger partial charge in [0.25, 0.3) is 0 Å². The van der Waals surface area contributed by atoms with Gasteiger partial charge in [0.2, 0.25) is 0 Å². The molecule has 0 aliphatic heterocycles. The van der Waals surface area contributed by atoms with Crippen LogP contribution in [0.3, 0.4) is 0 Å². The monoisotopic (exact) mass is 147 g/mol. The quantitative estimate of drug-likeness (QED) is 0.369. The van der Waals surface area contributed by atoms with Gasteiger partial charge in [-0.25, -0.2) is 0 Å². The zero-order chi connectivity index (χ0) is 7.11. The number of hydrogen-bond acceptors (Lipinski definition) is 2. The minimum atomic E-state index is 0.684. The fourth-order valence-corrected chi connectivity index (χ4v) is 0.494. The lowest BCUT2D eigenvalue weighted by Crippen LogP contribution is -2.33. The van der Waals surface area contributed by atoms with Crippen molar-refractivity contribution >= 4 is 17.3 Å². The molecule has 0 saturated heterocycles. The van der Waals surface area contributed by atoms with E-state index in [-0.39, 0.29) is 0 Å². The van der Waals surface area contributed by atoms with Gasteiger partial charge in [-0.1, -0.05) is 0 Å². The topological polar surface area (TPSA) is 50.1 Å². The molecule has 0 aromatic heterocycles. The molecule has 0 aliphatic carbocycles. The average Bonchev–Trinajstić information content (AvgIpc) is 1.89. The van der Waals surface area contributed by atoms with Gasteiger partial charge in [-0.3, -0.25) is 0 Å². The first-order chi connectivity index (χ1) is 4.31. The predicted octanol–water partition coefficient (Wildman–Crippen LogP) is -0.571. The van der Waals surface area contributed by atoms with E-state index in [0.29, 0.717) is 11.7 Å². The fourth-order valence-electron chi connectivity index (χ4n) is 0.392. The molecule has 0 radical (unpaired) electrons. The second-order valence-corrected chi connectivity index (χ2v) is 2.06. The molecule has 0 aromatic carbocycles. The van der Waals surface area contributed by atoms with E-state index in [1.54, 1.807) is 7.05 Å². The Morgan fingerprint density at radius 2 is 2.33 bits per heavy atom. The van der Waals surface area contributed by atoms with Crippen LogP contribution in [0.5, 0.6) is 0 Å². The molecule has 3 nitrogen and oxygen atoms in total. The van der Waals surface area contributed by atoms with E-state index in [1.165, 1.54) is 0 Å². The van der Waals surface area contributed by atoms with Crippen LogP contribution < -0.4 is 16.4 Å². The van der Waals surface area contributed by atoms with E-state index in [1.807, 2.05) is 0 Å². The van der Waals surface area contributed by atoms with Crippen molar-refractivity contribution in [3.63, 3.8) is 0 Å². The summed E-state index contributed by atoms with van der Waals surface area (Å²) in [5.41, 5.74) is 5.25. The van der Waals surface area contributed by atoms with Crippen molar-refractivity contribution < 1.29 is 0 Å². The first-order valence-corrected chi connectivity index (χ1v) is 3.37. The van der Waals surface area contributed by atoms with Crippen LogP contribution >= 0.6 is 12.2 Å². The molecule has 0 heterocycles. The summed E-state index contributed by atoms with van der Waals surface area (Å²) in [4.78, 5) is 0. The van der Waals surface area contributed by atoms with E-state index in [9.17, 15) is 0 Å². The highest BCUT2D eigenvalue weighted by Crippen LogP contribution is 1.69. The van der Waals surface area contributed by atoms with Gasteiger partial charge in [0.15, 0.2) is 5.11 Å². The van der Waals surface area contributed by atoms with Crippen molar-refractivity contribution in [3.8, 4) is 0 Å². The van der Waals surface area contributed by atoms with Crippen molar-refractivity contribution in [2.75, 3.05) is 20.1 Å². The van der Waals surface area contributed by atoms with Crippen LogP contribution in [0.1, 0.15) is 6.42 Å². The molecule has 0 aromatic rings. The molecule has 0 saturated carbocycles. The van der Waals surface area contributed by atoms with Crippen LogP contribution in [-0.2, 0) is 0 Å². The highest BCUT2D eigenvalue weighted by molar-refractivity contribution is 7.80. The third kappa shape index (κ3) is 5.52. The zero-order valence-electron chi connectivity index (χ0n) is 5.61. The molecule has 0 aliphatic rings. The standard InChI is InChI=1S/C5H13N3S/c1-7-5(9)8-4-2-3-6/h2-4,6H2,1H3,(H2,7,8,9). The molecule has 4 heteroatoms. The fraction of sp³-hybridized carbons (Fsp3) is 0.800. The van der Waals surface area contributed by atoms with E-state index in [4.69, 9.17) is 18.0 Å². The second kappa shape index (κ2) is 5.78. The smallest absolute Gasteiger partial charge is 0.166 e. The summed E-state index contributed by atoms with van der Waals surface area (Å²) in [5, 5.41) is 6.46. The SMILES string of the molecule is CNC(=S)NCCCN. The van der Waals surface area contributed by atoms with Crippen LogP contribution in [0.4, 0.5) is 0 Å². The summed E-state index contributed by atoms with van der Waals surface area (Å²) in [6.07, 6.45) is 0.960. The average molecular weight is 147 g/mol. The van der Waals surface area contributed by atoms with Gasteiger partial charge in [0, 0.05) is 13.6 Å². The molecule has 0 fully saturated rings. The molecule has 4 N–H and O–H groups in total. The van der Waals surface area contributed by atoms with Gasteiger partial charge in [-0.05, 0) is 25.2 Å². The Kier molecular flexibility index (Phi) is 5.56. The van der Waals surface area contributed by atoms with Crippen LogP contribution in [0, 0.1) is 0 Å². The Hall–Kier alpha value is -0.350. The van der Waals surface area contributed by atoms with E-state index < -0.39 is 0 Å². The van der Waals surface area contributed by atoms with Gasteiger partial charge >= 0.3 is 0 Å². The Bertz CT molecular complexity index is 84.3. The van der Waals surface area contributed by atoms with Crippen LogP contribution in [0.25, 0.3) is 0 Å². The van der Waals surface area contributed by atoms with E-state index in [2.05, 4.69) is 10.6 Å². The maximum Gasteiger partial charge on any atom is 0.166 e. The minimum absolute atomic E-state index is 0.684. The van der Waals surface area contributed by atoms with Crippen molar-refractivity contribution in [2.24, 2.45) is 5.73 Å². The van der Waals surface area contributed by atoms with Gasteiger partial charge in [-0.2, -0.15) is 0 Å². The third-order valence-electron chi connectivity index (χ3n) is 0.894. The first-order valence-electron chi connectivity index (χ1n) is 2.97. The molecule has 9 heavy (non-hydrogen) atoms. The Morgan fingerprint density at radius 1 is 1.67 bits per heavy atom. The van der Waals surface area contributed by atoms with Gasteiger partial charge in [-0.15, -0.1) is 0 Å². The summed E-state index contributed by atoms with van der Waals surface area (Å²) in [7, 11) is 1.79. The highest BCUT2D eigenvalue weighted by atomic mass is 32.1. The molecular formula is C5H13N3S. The maximum absolute atomic E-state index is 5.25. The second-order valence-electron chi connectivity index (χ2n) is 1.65. The summed E-state index contributed by atoms with van der Waals surface area (Å²) in [6.45, 7) is 1.56. The lowest BCUT2D eigenvalue weighted by atomic mass is 10.4. The van der Waals surface area contributed by atoms with E-state index in [0.717, 1.165) is 13.0 Å². The molecule has 0 atom stereocenters. The molecular weight excluding hydrogens is 134 g/mol. The number of thiocarbonyl (C=S) groups is 1. The largest absolute Gasteiger partial charge is 0.366 e. The third-order valence-corrected chi connectivity index (χ3v) is 1.24. The van der Waals surface area contributed by atoms with Crippen molar-refractivity contribution in [2.45, 2.75) is 6.42 Å². The molecule has 0 amide bonds. The van der Waals surface area contributed by atoms with Crippen molar-refractivity contribution in [1.29, 1.82) is 0 Å². The van der Waals surface area contributed by atoms with E-state index >= 15 is 0 Å². The molecule has 0 spiro atoms. The first kappa shape index (κ1) is 8.65. The number of rotatable bonds is 3. The lowest BCUT2D eigenvalue weighted by Gasteiger charge is -2.04. The molecule has 54 valence electrons. The number of nitrogens with one attached hydrogen (secondary N) is 2. The molecule has 0 rings (SSSR count). The van der Waals surface area contributed by atoms with Crippen LogP contribution in [-0.4, -0.2) is 25.2 Å². The minimum Gasteiger partial charge on any atom is -0.366 e. The van der Waals surface area contributed by atoms with Gasteiger partial charge < -0.3 is 16.4 Å². The lowest BCUT2D eigenvalue weighted by molar-refractivity contribution is 0.777. The number of hydrogen-bond donors (Lipinski definition) is 3. The normalized spacial score (nSPS) is 8.67. The van der Waals surface area contributed by atoms with Gasteiger partial charge in [0.1, 0.15) is 0 Å². The summed E-state index contributed by atoms with van der Waals surface area (Å²) < 4.78 is 0. The van der Waals surface area contributed by atoms with Crippen molar-refractivity contribution in [3.05, 3.63) is 0 Å². The zero-order valence-corrected chi connectivity index (χ0v) is 6.42. The Balaban J connectivity index is 2.97. The summed E-state index contributed by atoms with van der Waals surface area (Å²) in [6, 6.07) is 0.